The second kappa shape index (κ2) is 6.85. The number of carbonyl (C=O) groups excluding carboxylic acids is 1. The molecule has 4 heteroatoms. The SMILES string of the molecule is COc1ccc(SCOC(=O)c2ccccc2)cc1. The van der Waals surface area contributed by atoms with Crippen molar-refractivity contribution in [2.45, 2.75) is 4.90 Å². The van der Waals surface area contributed by atoms with E-state index in [2.05, 4.69) is 0 Å². The van der Waals surface area contributed by atoms with E-state index in [0.717, 1.165) is 10.6 Å². The molecule has 0 fully saturated rings. The van der Waals surface area contributed by atoms with E-state index >= 15 is 0 Å². The van der Waals surface area contributed by atoms with E-state index in [0.29, 0.717) is 11.5 Å². The van der Waals surface area contributed by atoms with Gasteiger partial charge < -0.3 is 9.47 Å². The quantitative estimate of drug-likeness (QED) is 0.474. The minimum absolute atomic E-state index is 0.292. The Balaban J connectivity index is 1.81. The second-order valence-corrected chi connectivity index (χ2v) is 4.73. The normalized spacial score (nSPS) is 9.95. The van der Waals surface area contributed by atoms with E-state index in [1.165, 1.54) is 11.8 Å². The Hall–Kier alpha value is -1.94. The molecule has 0 unspecified atom stereocenters. The van der Waals surface area contributed by atoms with Crippen LogP contribution in [0.15, 0.2) is 59.5 Å². The number of thioether (sulfide) groups is 1. The van der Waals surface area contributed by atoms with Gasteiger partial charge in [-0.1, -0.05) is 30.0 Å². The first-order valence-corrected chi connectivity index (χ1v) is 6.77. The zero-order valence-corrected chi connectivity index (χ0v) is 11.4. The first-order chi connectivity index (χ1) is 9.29. The molecule has 2 aromatic rings. The molecule has 0 bridgehead atoms. The lowest BCUT2D eigenvalue weighted by Gasteiger charge is -2.05. The molecule has 0 heterocycles. The summed E-state index contributed by atoms with van der Waals surface area (Å²) in [5, 5.41) is 0. The molecule has 2 rings (SSSR count). The predicted octanol–water partition coefficient (Wildman–Crippen LogP) is 3.60. The van der Waals surface area contributed by atoms with E-state index in [1.54, 1.807) is 19.2 Å². The topological polar surface area (TPSA) is 35.5 Å². The van der Waals surface area contributed by atoms with E-state index in [4.69, 9.17) is 9.47 Å². The fourth-order valence-corrected chi connectivity index (χ4v) is 2.11. The van der Waals surface area contributed by atoms with Gasteiger partial charge in [0.25, 0.3) is 0 Å². The lowest BCUT2D eigenvalue weighted by atomic mass is 10.2. The van der Waals surface area contributed by atoms with E-state index in [-0.39, 0.29) is 5.97 Å². The Bertz CT molecular complexity index is 523. The Morgan fingerprint density at radius 3 is 2.37 bits per heavy atom. The van der Waals surface area contributed by atoms with E-state index in [1.807, 2.05) is 42.5 Å². The monoisotopic (exact) mass is 274 g/mol. The molecule has 0 radical (unpaired) electrons. The standard InChI is InChI=1S/C15H14O3S/c1-17-13-7-9-14(10-8-13)19-11-18-15(16)12-5-3-2-4-6-12/h2-10H,11H2,1H3. The molecule has 98 valence electrons. The van der Waals surface area contributed by atoms with Crippen LogP contribution in [0.3, 0.4) is 0 Å². The molecular formula is C15H14O3S. The summed E-state index contributed by atoms with van der Waals surface area (Å²) in [7, 11) is 1.63. The van der Waals surface area contributed by atoms with Gasteiger partial charge in [-0.3, -0.25) is 0 Å². The van der Waals surface area contributed by atoms with Crippen molar-refractivity contribution in [3.05, 3.63) is 60.2 Å². The van der Waals surface area contributed by atoms with Crippen LogP contribution in [0.2, 0.25) is 0 Å². The zero-order chi connectivity index (χ0) is 13.5. The molecule has 0 amide bonds. The largest absolute Gasteiger partial charge is 0.497 e. The van der Waals surface area contributed by atoms with Crippen molar-refractivity contribution < 1.29 is 14.3 Å². The van der Waals surface area contributed by atoms with Gasteiger partial charge in [0.1, 0.15) is 11.7 Å². The molecule has 19 heavy (non-hydrogen) atoms. The maximum atomic E-state index is 11.7. The fourth-order valence-electron chi connectivity index (χ4n) is 1.48. The summed E-state index contributed by atoms with van der Waals surface area (Å²) >= 11 is 1.46. The number of benzene rings is 2. The summed E-state index contributed by atoms with van der Waals surface area (Å²) in [5.41, 5.74) is 0.567. The molecular weight excluding hydrogens is 260 g/mol. The van der Waals surface area contributed by atoms with Gasteiger partial charge in [-0.25, -0.2) is 4.79 Å². The smallest absolute Gasteiger partial charge is 0.338 e. The molecule has 0 N–H and O–H groups in total. The minimum Gasteiger partial charge on any atom is -0.497 e. The van der Waals surface area contributed by atoms with Crippen LogP contribution in [0.4, 0.5) is 0 Å². The first-order valence-electron chi connectivity index (χ1n) is 5.78. The van der Waals surface area contributed by atoms with Gasteiger partial charge in [0.05, 0.1) is 12.7 Å². The molecule has 0 saturated carbocycles. The highest BCUT2D eigenvalue weighted by Gasteiger charge is 2.05. The summed E-state index contributed by atoms with van der Waals surface area (Å²) in [6.07, 6.45) is 0. The van der Waals surface area contributed by atoms with Crippen molar-refractivity contribution >= 4 is 17.7 Å². The number of esters is 1. The van der Waals surface area contributed by atoms with Crippen LogP contribution in [0.5, 0.6) is 5.75 Å². The number of carbonyl (C=O) groups is 1. The molecule has 0 aliphatic rings. The molecule has 2 aromatic carbocycles. The van der Waals surface area contributed by atoms with Crippen molar-refractivity contribution in [3.8, 4) is 5.75 Å². The second-order valence-electron chi connectivity index (χ2n) is 3.74. The van der Waals surface area contributed by atoms with Crippen molar-refractivity contribution in [3.63, 3.8) is 0 Å². The average Bonchev–Trinajstić information content (AvgIpc) is 2.49. The third-order valence-electron chi connectivity index (χ3n) is 2.48. The number of rotatable bonds is 5. The van der Waals surface area contributed by atoms with Gasteiger partial charge in [0.2, 0.25) is 0 Å². The number of methoxy groups -OCH3 is 1. The third kappa shape index (κ3) is 4.03. The molecule has 0 aromatic heterocycles. The maximum absolute atomic E-state index is 11.7. The van der Waals surface area contributed by atoms with Crippen LogP contribution in [0.1, 0.15) is 10.4 Å². The Morgan fingerprint density at radius 2 is 1.74 bits per heavy atom. The highest BCUT2D eigenvalue weighted by molar-refractivity contribution is 7.99. The van der Waals surface area contributed by atoms with Gasteiger partial charge in [0.15, 0.2) is 0 Å². The Morgan fingerprint density at radius 1 is 1.05 bits per heavy atom. The predicted molar refractivity (Wildman–Crippen MR) is 75.6 cm³/mol. The third-order valence-corrected chi connectivity index (χ3v) is 3.33. The van der Waals surface area contributed by atoms with Crippen LogP contribution < -0.4 is 4.74 Å². The summed E-state index contributed by atoms with van der Waals surface area (Å²) in [4.78, 5) is 12.7. The van der Waals surface area contributed by atoms with Gasteiger partial charge >= 0.3 is 5.97 Å². The highest BCUT2D eigenvalue weighted by atomic mass is 32.2. The summed E-state index contributed by atoms with van der Waals surface area (Å²) < 4.78 is 10.3. The van der Waals surface area contributed by atoms with Crippen molar-refractivity contribution in [2.75, 3.05) is 13.0 Å². The van der Waals surface area contributed by atoms with Gasteiger partial charge in [-0.2, -0.15) is 0 Å². The fraction of sp³-hybridized carbons (Fsp3) is 0.133. The van der Waals surface area contributed by atoms with E-state index in [9.17, 15) is 4.79 Å². The van der Waals surface area contributed by atoms with Crippen LogP contribution in [-0.2, 0) is 4.74 Å². The maximum Gasteiger partial charge on any atom is 0.338 e. The van der Waals surface area contributed by atoms with E-state index < -0.39 is 0 Å². The number of ether oxygens (including phenoxy) is 2. The Labute approximate surface area is 116 Å². The van der Waals surface area contributed by atoms with Gasteiger partial charge in [0, 0.05) is 4.90 Å². The van der Waals surface area contributed by atoms with Crippen molar-refractivity contribution in [1.29, 1.82) is 0 Å². The Kier molecular flexibility index (Phi) is 4.86. The lowest BCUT2D eigenvalue weighted by Crippen LogP contribution is -2.04. The van der Waals surface area contributed by atoms with Gasteiger partial charge in [-0.05, 0) is 36.4 Å². The first kappa shape index (κ1) is 13.5. The van der Waals surface area contributed by atoms with Crippen LogP contribution >= 0.6 is 11.8 Å². The van der Waals surface area contributed by atoms with Crippen molar-refractivity contribution in [2.24, 2.45) is 0 Å². The summed E-state index contributed by atoms with van der Waals surface area (Å²) in [6, 6.07) is 16.6. The molecule has 0 spiro atoms. The minimum atomic E-state index is -0.304. The zero-order valence-electron chi connectivity index (χ0n) is 10.5. The molecule has 0 atom stereocenters. The molecule has 0 saturated heterocycles. The van der Waals surface area contributed by atoms with Crippen LogP contribution in [-0.4, -0.2) is 19.0 Å². The molecule has 0 aliphatic carbocycles. The van der Waals surface area contributed by atoms with Gasteiger partial charge in [-0.15, -0.1) is 0 Å². The summed E-state index contributed by atoms with van der Waals surface area (Å²) in [5.74, 6) is 0.798. The van der Waals surface area contributed by atoms with Crippen molar-refractivity contribution in [1.82, 2.24) is 0 Å². The number of hydrogen-bond donors (Lipinski definition) is 0. The summed E-state index contributed by atoms with van der Waals surface area (Å²) in [6.45, 7) is 0. The lowest BCUT2D eigenvalue weighted by molar-refractivity contribution is 0.0579. The molecule has 0 aliphatic heterocycles. The number of hydrogen-bond acceptors (Lipinski definition) is 4. The average molecular weight is 274 g/mol. The molecule has 3 nitrogen and oxygen atoms in total. The van der Waals surface area contributed by atoms with Crippen LogP contribution in [0, 0.1) is 0 Å². The highest BCUT2D eigenvalue weighted by Crippen LogP contribution is 2.21. The van der Waals surface area contributed by atoms with Crippen LogP contribution in [0.25, 0.3) is 0 Å².